The van der Waals surface area contributed by atoms with Gasteiger partial charge in [-0.1, -0.05) is 13.0 Å². The summed E-state index contributed by atoms with van der Waals surface area (Å²) in [6.07, 6.45) is 0.886. The number of rotatable bonds is 7. The molecule has 110 valence electrons. The number of benzene rings is 1. The van der Waals surface area contributed by atoms with Crippen LogP contribution in [0.3, 0.4) is 0 Å². The van der Waals surface area contributed by atoms with E-state index in [2.05, 4.69) is 26.6 Å². The first-order chi connectivity index (χ1) is 9.45. The third kappa shape index (κ3) is 4.90. The second-order valence-corrected chi connectivity index (χ2v) is 5.29. The number of carbonyl (C=O) groups excluding carboxylic acids is 1. The quantitative estimate of drug-likeness (QED) is 0.587. The number of nitro groups is 1. The maximum absolute atomic E-state index is 11.7. The molecule has 1 amide bonds. The van der Waals surface area contributed by atoms with Crippen LogP contribution in [0.2, 0.25) is 0 Å². The molecule has 1 aromatic rings. The van der Waals surface area contributed by atoms with Crippen LogP contribution in [0.5, 0.6) is 0 Å². The lowest BCUT2D eigenvalue weighted by Gasteiger charge is -2.13. The monoisotopic (exact) mass is 343 g/mol. The van der Waals surface area contributed by atoms with E-state index in [1.807, 2.05) is 6.92 Å². The van der Waals surface area contributed by atoms with Crippen LogP contribution >= 0.6 is 15.9 Å². The van der Waals surface area contributed by atoms with Crippen LogP contribution in [0.4, 0.5) is 5.69 Å². The summed E-state index contributed by atoms with van der Waals surface area (Å²) in [6.45, 7) is 4.79. The minimum atomic E-state index is -0.440. The van der Waals surface area contributed by atoms with E-state index in [1.54, 1.807) is 19.1 Å². The van der Waals surface area contributed by atoms with Gasteiger partial charge in [0, 0.05) is 19.2 Å². The number of halogens is 1. The molecule has 6 nitrogen and oxygen atoms in total. The molecule has 0 aliphatic carbocycles. The summed E-state index contributed by atoms with van der Waals surface area (Å²) in [5, 5.41) is 16.7. The van der Waals surface area contributed by atoms with Gasteiger partial charge in [-0.3, -0.25) is 14.9 Å². The third-order valence-corrected chi connectivity index (χ3v) is 3.43. The predicted molar refractivity (Wildman–Crippen MR) is 80.4 cm³/mol. The van der Waals surface area contributed by atoms with Crippen molar-refractivity contribution in [2.24, 2.45) is 0 Å². The van der Waals surface area contributed by atoms with Gasteiger partial charge in [-0.2, -0.15) is 0 Å². The molecule has 1 rings (SSSR count). The van der Waals surface area contributed by atoms with Gasteiger partial charge in [-0.25, -0.2) is 0 Å². The molecule has 0 saturated carbocycles. The number of carbonyl (C=O) groups is 1. The molecule has 0 aliphatic rings. The molecule has 0 spiro atoms. The second-order valence-electron chi connectivity index (χ2n) is 4.44. The lowest BCUT2D eigenvalue weighted by Crippen LogP contribution is -2.42. The average molecular weight is 344 g/mol. The second kappa shape index (κ2) is 7.96. The minimum Gasteiger partial charge on any atom is -0.355 e. The van der Waals surface area contributed by atoms with E-state index in [4.69, 9.17) is 0 Å². The Kier molecular flexibility index (Phi) is 6.60. The maximum atomic E-state index is 11.7. The van der Waals surface area contributed by atoms with Crippen LogP contribution in [0.25, 0.3) is 0 Å². The SMILES string of the molecule is CCCNC(=O)C(C)NCc1ccc(Br)c([N+](=O)[O-])c1. The summed E-state index contributed by atoms with van der Waals surface area (Å²) < 4.78 is 0.444. The molecule has 0 fully saturated rings. The molecule has 0 saturated heterocycles. The highest BCUT2D eigenvalue weighted by Crippen LogP contribution is 2.25. The molecule has 20 heavy (non-hydrogen) atoms. The van der Waals surface area contributed by atoms with Crippen LogP contribution in [0.15, 0.2) is 22.7 Å². The first-order valence-corrected chi connectivity index (χ1v) is 7.19. The highest BCUT2D eigenvalue weighted by molar-refractivity contribution is 9.10. The molecule has 2 N–H and O–H groups in total. The van der Waals surface area contributed by atoms with Crippen molar-refractivity contribution in [3.63, 3.8) is 0 Å². The van der Waals surface area contributed by atoms with E-state index in [1.165, 1.54) is 6.07 Å². The van der Waals surface area contributed by atoms with Crippen molar-refractivity contribution in [2.45, 2.75) is 32.9 Å². The summed E-state index contributed by atoms with van der Waals surface area (Å²) in [5.41, 5.74) is 0.780. The minimum absolute atomic E-state index is 0.0207. The van der Waals surface area contributed by atoms with Gasteiger partial charge in [-0.15, -0.1) is 0 Å². The lowest BCUT2D eigenvalue weighted by atomic mass is 10.2. The van der Waals surface area contributed by atoms with Gasteiger partial charge in [0.05, 0.1) is 15.4 Å². The zero-order valence-corrected chi connectivity index (χ0v) is 13.1. The van der Waals surface area contributed by atoms with E-state index in [0.29, 0.717) is 17.6 Å². The fourth-order valence-corrected chi connectivity index (χ4v) is 1.96. The van der Waals surface area contributed by atoms with Crippen molar-refractivity contribution in [3.05, 3.63) is 38.3 Å². The Bertz CT molecular complexity index is 494. The Morgan fingerprint density at radius 2 is 2.20 bits per heavy atom. The standard InChI is InChI=1S/C13H18BrN3O3/c1-3-6-15-13(18)9(2)16-8-10-4-5-11(14)12(7-10)17(19)20/h4-5,7,9,16H,3,6,8H2,1-2H3,(H,15,18). The normalized spacial score (nSPS) is 11.9. The van der Waals surface area contributed by atoms with Gasteiger partial charge in [0.15, 0.2) is 0 Å². The van der Waals surface area contributed by atoms with Crippen molar-refractivity contribution in [1.29, 1.82) is 0 Å². The van der Waals surface area contributed by atoms with Gasteiger partial charge in [0.1, 0.15) is 0 Å². The molecular weight excluding hydrogens is 326 g/mol. The number of nitrogens with zero attached hydrogens (tertiary/aromatic N) is 1. The van der Waals surface area contributed by atoms with Crippen LogP contribution in [0.1, 0.15) is 25.8 Å². The van der Waals surface area contributed by atoms with E-state index >= 15 is 0 Å². The number of nitrogens with one attached hydrogen (secondary N) is 2. The molecule has 1 aromatic carbocycles. The van der Waals surface area contributed by atoms with Crippen molar-refractivity contribution in [1.82, 2.24) is 10.6 Å². The van der Waals surface area contributed by atoms with E-state index in [9.17, 15) is 14.9 Å². The van der Waals surface area contributed by atoms with Crippen LogP contribution in [-0.2, 0) is 11.3 Å². The van der Waals surface area contributed by atoms with Crippen LogP contribution < -0.4 is 10.6 Å². The molecule has 0 aromatic heterocycles. The Morgan fingerprint density at radius 3 is 2.80 bits per heavy atom. The molecule has 0 radical (unpaired) electrons. The summed E-state index contributed by atoms with van der Waals surface area (Å²) in [6, 6.07) is 4.56. The van der Waals surface area contributed by atoms with E-state index in [0.717, 1.165) is 12.0 Å². The summed E-state index contributed by atoms with van der Waals surface area (Å²) in [7, 11) is 0. The van der Waals surface area contributed by atoms with Gasteiger partial charge in [0.25, 0.3) is 5.69 Å². The van der Waals surface area contributed by atoms with Gasteiger partial charge >= 0.3 is 0 Å². The Morgan fingerprint density at radius 1 is 1.50 bits per heavy atom. The van der Waals surface area contributed by atoms with Crippen molar-refractivity contribution in [2.75, 3.05) is 6.54 Å². The molecule has 0 aliphatic heterocycles. The number of amides is 1. The first kappa shape index (κ1) is 16.6. The smallest absolute Gasteiger partial charge is 0.283 e. The predicted octanol–water partition coefficient (Wildman–Crippen LogP) is 2.36. The molecule has 0 bridgehead atoms. The fraction of sp³-hybridized carbons (Fsp3) is 0.462. The Hall–Kier alpha value is -1.47. The fourth-order valence-electron chi connectivity index (χ4n) is 1.57. The summed E-state index contributed by atoms with van der Waals surface area (Å²) in [4.78, 5) is 22.1. The molecule has 0 heterocycles. The molecule has 7 heteroatoms. The largest absolute Gasteiger partial charge is 0.355 e. The number of hydrogen-bond acceptors (Lipinski definition) is 4. The van der Waals surface area contributed by atoms with Gasteiger partial charge in [-0.05, 0) is 40.9 Å². The van der Waals surface area contributed by atoms with Crippen molar-refractivity contribution >= 4 is 27.5 Å². The van der Waals surface area contributed by atoms with Gasteiger partial charge in [0.2, 0.25) is 5.91 Å². The first-order valence-electron chi connectivity index (χ1n) is 6.39. The zero-order chi connectivity index (χ0) is 15.1. The zero-order valence-electron chi connectivity index (χ0n) is 11.5. The molecule has 1 atom stereocenters. The average Bonchev–Trinajstić information content (AvgIpc) is 2.43. The van der Waals surface area contributed by atoms with E-state index < -0.39 is 4.92 Å². The number of nitro benzene ring substituents is 1. The molecular formula is C13H18BrN3O3. The summed E-state index contributed by atoms with van der Waals surface area (Å²) >= 11 is 3.14. The highest BCUT2D eigenvalue weighted by atomic mass is 79.9. The van der Waals surface area contributed by atoms with E-state index in [-0.39, 0.29) is 17.6 Å². The van der Waals surface area contributed by atoms with Crippen molar-refractivity contribution in [3.8, 4) is 0 Å². The van der Waals surface area contributed by atoms with Crippen LogP contribution in [-0.4, -0.2) is 23.4 Å². The maximum Gasteiger partial charge on any atom is 0.283 e. The highest BCUT2D eigenvalue weighted by Gasteiger charge is 2.14. The Labute approximate surface area is 126 Å². The lowest BCUT2D eigenvalue weighted by molar-refractivity contribution is -0.385. The number of hydrogen-bond donors (Lipinski definition) is 2. The van der Waals surface area contributed by atoms with Crippen LogP contribution in [0, 0.1) is 10.1 Å². The van der Waals surface area contributed by atoms with Gasteiger partial charge < -0.3 is 10.6 Å². The molecule has 1 unspecified atom stereocenters. The Balaban J connectivity index is 2.59. The van der Waals surface area contributed by atoms with Crippen molar-refractivity contribution < 1.29 is 9.72 Å². The third-order valence-electron chi connectivity index (χ3n) is 2.76. The topological polar surface area (TPSA) is 84.3 Å². The summed E-state index contributed by atoms with van der Waals surface area (Å²) in [5.74, 6) is -0.0709.